The van der Waals surface area contributed by atoms with Crippen molar-refractivity contribution in [3.63, 3.8) is 0 Å². The normalized spacial score (nSPS) is 22.2. The largest absolute Gasteiger partial charge is 0.320 e. The highest BCUT2D eigenvalue weighted by molar-refractivity contribution is 6.30. The summed E-state index contributed by atoms with van der Waals surface area (Å²) in [6.07, 6.45) is 4.06. The summed E-state index contributed by atoms with van der Waals surface area (Å²) in [5.41, 5.74) is 1.35. The van der Waals surface area contributed by atoms with Gasteiger partial charge in [-0.2, -0.15) is 0 Å². The highest BCUT2D eigenvalue weighted by Crippen LogP contribution is 2.37. The van der Waals surface area contributed by atoms with Gasteiger partial charge >= 0.3 is 0 Å². The lowest BCUT2D eigenvalue weighted by Crippen LogP contribution is -2.40. The third-order valence-corrected chi connectivity index (χ3v) is 4.05. The van der Waals surface area contributed by atoms with Crippen LogP contribution in [0.25, 0.3) is 0 Å². The quantitative estimate of drug-likeness (QED) is 0.933. The molecule has 0 atom stereocenters. The van der Waals surface area contributed by atoms with Gasteiger partial charge in [-0.15, -0.1) is 10.2 Å². The SMILES string of the molecule is Cn1cnnc1CNC1CC(c2cccc(Cl)c2)C1. The summed E-state index contributed by atoms with van der Waals surface area (Å²) < 4.78 is 1.94. The van der Waals surface area contributed by atoms with E-state index in [0.29, 0.717) is 12.0 Å². The third-order valence-electron chi connectivity index (χ3n) is 3.81. The predicted octanol–water partition coefficient (Wildman–Crippen LogP) is 2.50. The lowest BCUT2D eigenvalue weighted by Gasteiger charge is -2.36. The van der Waals surface area contributed by atoms with Crippen LogP contribution in [-0.4, -0.2) is 20.8 Å². The van der Waals surface area contributed by atoms with E-state index in [4.69, 9.17) is 11.6 Å². The first-order valence-corrected chi connectivity index (χ1v) is 6.92. The van der Waals surface area contributed by atoms with Gasteiger partial charge in [0.25, 0.3) is 0 Å². The van der Waals surface area contributed by atoms with Gasteiger partial charge in [0.05, 0.1) is 6.54 Å². The molecule has 0 aliphatic heterocycles. The van der Waals surface area contributed by atoms with Crippen LogP contribution in [0.4, 0.5) is 0 Å². The number of hydrogen-bond donors (Lipinski definition) is 1. The van der Waals surface area contributed by atoms with Crippen LogP contribution < -0.4 is 5.32 Å². The Morgan fingerprint density at radius 3 is 2.95 bits per heavy atom. The van der Waals surface area contributed by atoms with Gasteiger partial charge in [0.1, 0.15) is 12.2 Å². The minimum absolute atomic E-state index is 0.570. The maximum atomic E-state index is 6.02. The zero-order valence-corrected chi connectivity index (χ0v) is 11.6. The van der Waals surface area contributed by atoms with Crippen molar-refractivity contribution in [2.75, 3.05) is 0 Å². The second kappa shape index (κ2) is 5.31. The molecule has 100 valence electrons. The summed E-state index contributed by atoms with van der Waals surface area (Å²) in [5, 5.41) is 12.3. The van der Waals surface area contributed by atoms with Gasteiger partial charge in [0, 0.05) is 18.1 Å². The van der Waals surface area contributed by atoms with Crippen LogP contribution in [0.2, 0.25) is 5.02 Å². The Kier molecular flexibility index (Phi) is 3.53. The van der Waals surface area contributed by atoms with Crippen molar-refractivity contribution in [1.29, 1.82) is 0 Å². The van der Waals surface area contributed by atoms with Gasteiger partial charge in [-0.05, 0) is 36.5 Å². The summed E-state index contributed by atoms with van der Waals surface area (Å²) in [5.74, 6) is 1.61. The van der Waals surface area contributed by atoms with Crippen LogP contribution in [0.3, 0.4) is 0 Å². The molecule has 0 unspecified atom stereocenters. The summed E-state index contributed by atoms with van der Waals surface area (Å²) in [6, 6.07) is 8.76. The standard InChI is InChI=1S/C14H17ClN4/c1-19-9-17-18-14(19)8-16-13-6-11(7-13)10-3-2-4-12(15)5-10/h2-5,9,11,13,16H,6-8H2,1H3. The Labute approximate surface area is 117 Å². The molecule has 1 aliphatic carbocycles. The van der Waals surface area contributed by atoms with Crippen LogP contribution in [0.1, 0.15) is 30.1 Å². The monoisotopic (exact) mass is 276 g/mol. The average Bonchev–Trinajstić information content (AvgIpc) is 2.73. The van der Waals surface area contributed by atoms with Crippen LogP contribution >= 0.6 is 11.6 Å². The molecule has 1 N–H and O–H groups in total. The molecule has 1 fully saturated rings. The van der Waals surface area contributed by atoms with Gasteiger partial charge in [-0.25, -0.2) is 0 Å². The van der Waals surface area contributed by atoms with Crippen molar-refractivity contribution in [2.45, 2.75) is 31.3 Å². The number of nitrogens with one attached hydrogen (secondary N) is 1. The molecule has 0 bridgehead atoms. The molecule has 5 heteroatoms. The summed E-state index contributed by atoms with van der Waals surface area (Å²) in [6.45, 7) is 0.781. The molecule has 0 radical (unpaired) electrons. The highest BCUT2D eigenvalue weighted by atomic mass is 35.5. The van der Waals surface area contributed by atoms with E-state index in [0.717, 1.165) is 30.2 Å². The van der Waals surface area contributed by atoms with E-state index in [-0.39, 0.29) is 0 Å². The molecule has 0 amide bonds. The first kappa shape index (κ1) is 12.6. The Balaban J connectivity index is 1.49. The second-order valence-electron chi connectivity index (χ2n) is 5.16. The summed E-state index contributed by atoms with van der Waals surface area (Å²) in [7, 11) is 1.96. The van der Waals surface area contributed by atoms with Crippen molar-refractivity contribution in [1.82, 2.24) is 20.1 Å². The lowest BCUT2D eigenvalue weighted by atomic mass is 9.76. The van der Waals surface area contributed by atoms with Crippen molar-refractivity contribution < 1.29 is 0 Å². The van der Waals surface area contributed by atoms with Crippen molar-refractivity contribution in [3.05, 3.63) is 47.0 Å². The summed E-state index contributed by atoms with van der Waals surface area (Å²) >= 11 is 6.02. The van der Waals surface area contributed by atoms with E-state index >= 15 is 0 Å². The van der Waals surface area contributed by atoms with Gasteiger partial charge < -0.3 is 9.88 Å². The maximum Gasteiger partial charge on any atom is 0.146 e. The first-order chi connectivity index (χ1) is 9.22. The van der Waals surface area contributed by atoms with Gasteiger partial charge in [-0.3, -0.25) is 0 Å². The fourth-order valence-corrected chi connectivity index (χ4v) is 2.72. The molecule has 19 heavy (non-hydrogen) atoms. The van der Waals surface area contributed by atoms with Crippen LogP contribution in [0.15, 0.2) is 30.6 Å². The predicted molar refractivity (Wildman–Crippen MR) is 75.1 cm³/mol. The van der Waals surface area contributed by atoms with Gasteiger partial charge in [0.15, 0.2) is 0 Å². The minimum atomic E-state index is 0.570. The molecule has 3 rings (SSSR count). The Morgan fingerprint density at radius 1 is 1.42 bits per heavy atom. The molecule has 1 aromatic heterocycles. The van der Waals surface area contributed by atoms with Crippen molar-refractivity contribution in [3.8, 4) is 0 Å². The number of nitrogens with zero attached hydrogens (tertiary/aromatic N) is 3. The van der Waals surface area contributed by atoms with Crippen molar-refractivity contribution >= 4 is 11.6 Å². The van der Waals surface area contributed by atoms with E-state index in [1.165, 1.54) is 5.56 Å². The molecule has 1 heterocycles. The number of benzene rings is 1. The number of aromatic nitrogens is 3. The molecule has 1 aliphatic rings. The first-order valence-electron chi connectivity index (χ1n) is 6.54. The molecule has 4 nitrogen and oxygen atoms in total. The average molecular weight is 277 g/mol. The van der Waals surface area contributed by atoms with E-state index in [1.807, 2.05) is 23.7 Å². The van der Waals surface area contributed by atoms with Crippen molar-refractivity contribution in [2.24, 2.45) is 7.05 Å². The third kappa shape index (κ3) is 2.80. The molecule has 2 aromatic rings. The van der Waals surface area contributed by atoms with E-state index in [9.17, 15) is 0 Å². The van der Waals surface area contributed by atoms with Gasteiger partial charge in [-0.1, -0.05) is 23.7 Å². The fourth-order valence-electron chi connectivity index (χ4n) is 2.52. The smallest absolute Gasteiger partial charge is 0.146 e. The van der Waals surface area contributed by atoms with Crippen LogP contribution in [0, 0.1) is 0 Å². The topological polar surface area (TPSA) is 42.7 Å². The number of rotatable bonds is 4. The molecular formula is C14H17ClN4. The van der Waals surface area contributed by atoms with Gasteiger partial charge in [0.2, 0.25) is 0 Å². The fraction of sp³-hybridized carbons (Fsp3) is 0.429. The molecule has 1 saturated carbocycles. The van der Waals surface area contributed by atoms with E-state index < -0.39 is 0 Å². The Bertz CT molecular complexity index is 560. The molecular weight excluding hydrogens is 260 g/mol. The highest BCUT2D eigenvalue weighted by Gasteiger charge is 2.30. The Morgan fingerprint density at radius 2 is 2.26 bits per heavy atom. The number of halogens is 1. The Hall–Kier alpha value is -1.39. The minimum Gasteiger partial charge on any atom is -0.320 e. The van der Waals surface area contributed by atoms with E-state index in [1.54, 1.807) is 6.33 Å². The van der Waals surface area contributed by atoms with Crippen LogP contribution in [0.5, 0.6) is 0 Å². The number of aryl methyl sites for hydroxylation is 1. The molecule has 0 spiro atoms. The number of hydrogen-bond acceptors (Lipinski definition) is 3. The summed E-state index contributed by atoms with van der Waals surface area (Å²) in [4.78, 5) is 0. The van der Waals surface area contributed by atoms with E-state index in [2.05, 4.69) is 27.6 Å². The molecule has 0 saturated heterocycles. The molecule has 1 aromatic carbocycles. The second-order valence-corrected chi connectivity index (χ2v) is 5.60. The lowest BCUT2D eigenvalue weighted by molar-refractivity contribution is 0.286. The maximum absolute atomic E-state index is 6.02. The van der Waals surface area contributed by atoms with Crippen LogP contribution in [-0.2, 0) is 13.6 Å². The zero-order valence-electron chi connectivity index (χ0n) is 10.9. The zero-order chi connectivity index (χ0) is 13.2.